The minimum absolute atomic E-state index is 0.0372. The maximum absolute atomic E-state index is 12.7. The maximum Gasteiger partial charge on any atom is 0.322 e. The average Bonchev–Trinajstić information content (AvgIpc) is 2.91. The van der Waals surface area contributed by atoms with E-state index >= 15 is 0 Å². The van der Waals surface area contributed by atoms with Crippen LogP contribution in [0.2, 0.25) is 0 Å². The van der Waals surface area contributed by atoms with Gasteiger partial charge in [-0.1, -0.05) is 24.3 Å². The molecule has 0 fully saturated rings. The highest BCUT2D eigenvalue weighted by Gasteiger charge is 2.27. The van der Waals surface area contributed by atoms with Crippen LogP contribution in [0.3, 0.4) is 0 Å². The first-order chi connectivity index (χ1) is 18.2. The highest BCUT2D eigenvalue weighted by molar-refractivity contribution is 7.89. The molecule has 11 nitrogen and oxygen atoms in total. The summed E-state index contributed by atoms with van der Waals surface area (Å²) in [6.45, 7) is 0.533. The van der Waals surface area contributed by atoms with Gasteiger partial charge in [0, 0.05) is 19.2 Å². The van der Waals surface area contributed by atoms with Crippen molar-refractivity contribution in [2.24, 2.45) is 0 Å². The van der Waals surface area contributed by atoms with Gasteiger partial charge in [0.2, 0.25) is 10.0 Å². The molecule has 2 heterocycles. The number of benzene rings is 2. The van der Waals surface area contributed by atoms with Gasteiger partial charge in [-0.15, -0.1) is 0 Å². The van der Waals surface area contributed by atoms with Crippen LogP contribution in [0.4, 0.5) is 5.82 Å². The lowest BCUT2D eigenvalue weighted by atomic mass is 10.1. The van der Waals surface area contributed by atoms with Crippen molar-refractivity contribution in [1.82, 2.24) is 19.7 Å². The normalized spacial score (nSPS) is 12.4. The number of hydrogen-bond donors (Lipinski definition) is 4. The van der Waals surface area contributed by atoms with Crippen molar-refractivity contribution in [2.75, 3.05) is 19.0 Å². The van der Waals surface area contributed by atoms with Crippen LogP contribution in [0.1, 0.15) is 11.4 Å². The number of carboxylic acid groups (broad SMARTS) is 1. The molecule has 12 heteroatoms. The number of nitrogens with one attached hydrogen (secondary N) is 3. The number of pyridine rings is 1. The average molecular weight is 536 g/mol. The number of aliphatic carboxylic acids is 1. The van der Waals surface area contributed by atoms with Crippen LogP contribution in [-0.2, 0) is 21.2 Å². The predicted molar refractivity (Wildman–Crippen MR) is 143 cm³/mol. The van der Waals surface area contributed by atoms with Crippen LogP contribution in [0.5, 0.6) is 5.75 Å². The number of carboxylic acids is 1. The van der Waals surface area contributed by atoms with Gasteiger partial charge in [-0.05, 0) is 54.1 Å². The second-order valence-corrected chi connectivity index (χ2v) is 9.89. The van der Waals surface area contributed by atoms with Gasteiger partial charge in [0.1, 0.15) is 23.4 Å². The van der Waals surface area contributed by atoms with Gasteiger partial charge < -0.3 is 20.1 Å². The van der Waals surface area contributed by atoms with Crippen LogP contribution in [0.25, 0.3) is 17.0 Å². The molecule has 0 aliphatic rings. The molecular formula is C26H25N5O6S. The summed E-state index contributed by atoms with van der Waals surface area (Å²) in [5.41, 5.74) is 0.666. The van der Waals surface area contributed by atoms with Gasteiger partial charge in [-0.25, -0.2) is 18.4 Å². The summed E-state index contributed by atoms with van der Waals surface area (Å²) in [5, 5.41) is 13.1. The van der Waals surface area contributed by atoms with Gasteiger partial charge in [0.05, 0.1) is 22.9 Å². The smallest absolute Gasteiger partial charge is 0.322 e. The van der Waals surface area contributed by atoms with Crippen molar-refractivity contribution in [3.8, 4) is 5.75 Å². The minimum atomic E-state index is -4.16. The zero-order valence-electron chi connectivity index (χ0n) is 20.3. The molecule has 196 valence electrons. The SMILES string of the molecule is COc1ccc(S(=O)(=O)N[C@@H](Cc2nc3ccc(C=CCNc4ccccn4)cc3c(=O)[nH]2)C(=O)O)cc1. The Balaban J connectivity index is 1.48. The summed E-state index contributed by atoms with van der Waals surface area (Å²) >= 11 is 0. The van der Waals surface area contributed by atoms with E-state index in [1.54, 1.807) is 24.4 Å². The lowest BCUT2D eigenvalue weighted by Crippen LogP contribution is -2.42. The summed E-state index contributed by atoms with van der Waals surface area (Å²) < 4.78 is 32.6. The van der Waals surface area contributed by atoms with Crippen LogP contribution in [0, 0.1) is 0 Å². The highest BCUT2D eigenvalue weighted by Crippen LogP contribution is 2.17. The number of sulfonamides is 1. The van der Waals surface area contributed by atoms with Crippen molar-refractivity contribution in [3.05, 3.63) is 94.7 Å². The fraction of sp³-hybridized carbons (Fsp3) is 0.154. The fourth-order valence-corrected chi connectivity index (χ4v) is 4.80. The fourth-order valence-electron chi connectivity index (χ4n) is 3.61. The molecule has 38 heavy (non-hydrogen) atoms. The molecule has 2 aromatic heterocycles. The van der Waals surface area contributed by atoms with E-state index in [0.29, 0.717) is 23.2 Å². The van der Waals surface area contributed by atoms with E-state index in [9.17, 15) is 23.1 Å². The largest absolute Gasteiger partial charge is 0.497 e. The van der Waals surface area contributed by atoms with Crippen LogP contribution < -0.4 is 20.3 Å². The molecule has 0 bridgehead atoms. The topological polar surface area (TPSA) is 163 Å². The Labute approximate surface area is 218 Å². The minimum Gasteiger partial charge on any atom is -0.497 e. The zero-order valence-corrected chi connectivity index (χ0v) is 21.1. The third kappa shape index (κ3) is 6.60. The molecule has 4 N–H and O–H groups in total. The number of nitrogens with zero attached hydrogens (tertiary/aromatic N) is 2. The summed E-state index contributed by atoms with van der Waals surface area (Å²) in [6, 6.07) is 14.6. The summed E-state index contributed by atoms with van der Waals surface area (Å²) in [4.78, 5) is 35.6. The number of rotatable bonds is 11. The predicted octanol–water partition coefficient (Wildman–Crippen LogP) is 2.43. The Bertz CT molecular complexity index is 1620. The van der Waals surface area contributed by atoms with Crippen molar-refractivity contribution in [2.45, 2.75) is 17.4 Å². The summed E-state index contributed by atoms with van der Waals surface area (Å²) in [6.07, 6.45) is 5.06. The monoisotopic (exact) mass is 535 g/mol. The molecule has 4 aromatic rings. The molecular weight excluding hydrogens is 510 g/mol. The molecule has 0 aliphatic heterocycles. The Morgan fingerprint density at radius 3 is 2.63 bits per heavy atom. The van der Waals surface area contributed by atoms with Crippen LogP contribution in [-0.4, -0.2) is 54.1 Å². The van der Waals surface area contributed by atoms with E-state index in [2.05, 4.69) is 25.0 Å². The van der Waals surface area contributed by atoms with Crippen LogP contribution in [0.15, 0.2) is 82.6 Å². The third-order valence-electron chi connectivity index (χ3n) is 5.52. The molecule has 0 amide bonds. The van der Waals surface area contributed by atoms with Crippen molar-refractivity contribution < 1.29 is 23.1 Å². The summed E-state index contributed by atoms with van der Waals surface area (Å²) in [5.74, 6) is -0.175. The first-order valence-electron chi connectivity index (χ1n) is 11.5. The van der Waals surface area contributed by atoms with Gasteiger partial charge in [0.15, 0.2) is 0 Å². The van der Waals surface area contributed by atoms with E-state index in [4.69, 9.17) is 4.74 Å². The number of H-pyrrole nitrogens is 1. The Hall–Kier alpha value is -4.55. The summed E-state index contributed by atoms with van der Waals surface area (Å²) in [7, 11) is -2.72. The first kappa shape index (κ1) is 26.5. The Kier molecular flexibility index (Phi) is 8.14. The molecule has 2 aromatic carbocycles. The molecule has 4 rings (SSSR count). The molecule has 0 aliphatic carbocycles. The van der Waals surface area contributed by atoms with Crippen molar-refractivity contribution >= 4 is 38.8 Å². The van der Waals surface area contributed by atoms with E-state index in [1.165, 1.54) is 31.4 Å². The Morgan fingerprint density at radius 1 is 1.16 bits per heavy atom. The lowest BCUT2D eigenvalue weighted by molar-refractivity contribution is -0.139. The first-order valence-corrected chi connectivity index (χ1v) is 13.0. The lowest BCUT2D eigenvalue weighted by Gasteiger charge is -2.15. The van der Waals surface area contributed by atoms with Gasteiger partial charge >= 0.3 is 5.97 Å². The van der Waals surface area contributed by atoms with E-state index in [-0.39, 0.29) is 17.1 Å². The quantitative estimate of drug-likeness (QED) is 0.226. The molecule has 0 radical (unpaired) electrons. The van der Waals surface area contributed by atoms with E-state index in [0.717, 1.165) is 11.4 Å². The van der Waals surface area contributed by atoms with Crippen molar-refractivity contribution in [3.63, 3.8) is 0 Å². The number of aromatic nitrogens is 3. The van der Waals surface area contributed by atoms with Gasteiger partial charge in [0.25, 0.3) is 5.56 Å². The number of hydrogen-bond acceptors (Lipinski definition) is 8. The second kappa shape index (κ2) is 11.7. The zero-order chi connectivity index (χ0) is 27.1. The number of ether oxygens (including phenoxy) is 1. The molecule has 1 atom stereocenters. The van der Waals surface area contributed by atoms with Crippen LogP contribution >= 0.6 is 0 Å². The standard InChI is InChI=1S/C26H25N5O6S/c1-37-18-8-10-19(11-9-18)38(35,36)31-22(26(33)34)16-24-29-21-12-7-17(15-20(21)25(32)30-24)5-4-14-28-23-6-2-3-13-27-23/h2-13,15,22,31H,14,16H2,1H3,(H,27,28)(H,33,34)(H,29,30,32)/t22-/m0/s1. The Morgan fingerprint density at radius 2 is 1.95 bits per heavy atom. The number of aromatic amines is 1. The molecule has 0 unspecified atom stereocenters. The highest BCUT2D eigenvalue weighted by atomic mass is 32.2. The van der Waals surface area contributed by atoms with E-state index in [1.807, 2.05) is 30.4 Å². The van der Waals surface area contributed by atoms with Gasteiger partial charge in [-0.2, -0.15) is 4.72 Å². The number of methoxy groups -OCH3 is 1. The molecule has 0 spiro atoms. The van der Waals surface area contributed by atoms with E-state index < -0.39 is 27.6 Å². The second-order valence-electron chi connectivity index (χ2n) is 8.18. The van der Waals surface area contributed by atoms with Crippen molar-refractivity contribution in [1.29, 1.82) is 0 Å². The number of anilines is 1. The molecule has 0 saturated carbocycles. The maximum atomic E-state index is 12.7. The number of carbonyl (C=O) groups is 1. The molecule has 0 saturated heterocycles. The van der Waals surface area contributed by atoms with Gasteiger partial charge in [-0.3, -0.25) is 9.59 Å². The number of fused-ring (bicyclic) bond motifs is 1. The third-order valence-corrected chi connectivity index (χ3v) is 7.00.